The average Bonchev–Trinajstić information content (AvgIpc) is 2.68. The summed E-state index contributed by atoms with van der Waals surface area (Å²) in [5.74, 6) is 1.04. The van der Waals surface area contributed by atoms with Gasteiger partial charge in [-0.05, 0) is 18.6 Å². The van der Waals surface area contributed by atoms with Crippen molar-refractivity contribution in [3.63, 3.8) is 0 Å². The summed E-state index contributed by atoms with van der Waals surface area (Å²) in [5, 5.41) is 5.22. The first-order chi connectivity index (χ1) is 7.42. The normalized spacial score (nSPS) is 11.0. The SMILES string of the molecule is CCCCCCc1onc2ccccc12. The van der Waals surface area contributed by atoms with Crippen molar-refractivity contribution in [2.75, 3.05) is 0 Å². The molecule has 0 aliphatic heterocycles. The number of aromatic nitrogens is 1. The Morgan fingerprint density at radius 2 is 2.00 bits per heavy atom. The van der Waals surface area contributed by atoms with Gasteiger partial charge in [0.25, 0.3) is 0 Å². The van der Waals surface area contributed by atoms with E-state index in [-0.39, 0.29) is 0 Å². The quantitative estimate of drug-likeness (QED) is 0.688. The molecule has 0 spiro atoms. The van der Waals surface area contributed by atoms with Gasteiger partial charge in [0.15, 0.2) is 0 Å². The van der Waals surface area contributed by atoms with Crippen LogP contribution in [0.2, 0.25) is 0 Å². The molecule has 2 heteroatoms. The molecule has 0 fully saturated rings. The Bertz CT molecular complexity index is 419. The third kappa shape index (κ3) is 2.38. The van der Waals surface area contributed by atoms with Gasteiger partial charge >= 0.3 is 0 Å². The molecule has 80 valence electrons. The summed E-state index contributed by atoms with van der Waals surface area (Å²) in [4.78, 5) is 0. The third-order valence-corrected chi connectivity index (χ3v) is 2.72. The van der Waals surface area contributed by atoms with Crippen molar-refractivity contribution in [3.05, 3.63) is 30.0 Å². The standard InChI is InChI=1S/C13H17NO/c1-2-3-4-5-10-13-11-8-6-7-9-12(11)14-15-13/h6-9H,2-5,10H2,1H3. The Hall–Kier alpha value is -1.31. The van der Waals surface area contributed by atoms with Crippen molar-refractivity contribution in [2.24, 2.45) is 0 Å². The predicted molar refractivity (Wildman–Crippen MR) is 61.9 cm³/mol. The molecular weight excluding hydrogens is 186 g/mol. The van der Waals surface area contributed by atoms with Gasteiger partial charge in [0.2, 0.25) is 0 Å². The molecule has 0 aliphatic rings. The number of unbranched alkanes of at least 4 members (excludes halogenated alkanes) is 3. The van der Waals surface area contributed by atoms with E-state index in [9.17, 15) is 0 Å². The Morgan fingerprint density at radius 1 is 1.13 bits per heavy atom. The Morgan fingerprint density at radius 3 is 2.87 bits per heavy atom. The number of fused-ring (bicyclic) bond motifs is 1. The van der Waals surface area contributed by atoms with E-state index in [1.165, 1.54) is 31.1 Å². The first-order valence-corrected chi connectivity index (χ1v) is 5.75. The Kier molecular flexibility index (Phi) is 3.38. The summed E-state index contributed by atoms with van der Waals surface area (Å²) >= 11 is 0. The highest BCUT2D eigenvalue weighted by Crippen LogP contribution is 2.19. The summed E-state index contributed by atoms with van der Waals surface area (Å²) in [7, 11) is 0. The van der Waals surface area contributed by atoms with Crippen molar-refractivity contribution >= 4 is 10.9 Å². The van der Waals surface area contributed by atoms with E-state index in [1.807, 2.05) is 18.2 Å². The fraction of sp³-hybridized carbons (Fsp3) is 0.462. The average molecular weight is 203 g/mol. The minimum atomic E-state index is 0.975. The number of aryl methyl sites for hydroxylation is 1. The maximum atomic E-state index is 5.35. The lowest BCUT2D eigenvalue weighted by Gasteiger charge is -1.96. The molecule has 0 saturated heterocycles. The van der Waals surface area contributed by atoms with E-state index < -0.39 is 0 Å². The zero-order valence-electron chi connectivity index (χ0n) is 9.20. The highest BCUT2D eigenvalue weighted by Gasteiger charge is 2.06. The first kappa shape index (κ1) is 10.2. The van der Waals surface area contributed by atoms with E-state index in [2.05, 4.69) is 18.1 Å². The molecule has 0 aliphatic carbocycles. The molecule has 0 saturated carbocycles. The van der Waals surface area contributed by atoms with Crippen molar-refractivity contribution in [3.8, 4) is 0 Å². The smallest absolute Gasteiger partial charge is 0.144 e. The van der Waals surface area contributed by atoms with Gasteiger partial charge in [-0.25, -0.2) is 0 Å². The van der Waals surface area contributed by atoms with Gasteiger partial charge in [0.1, 0.15) is 11.3 Å². The van der Waals surface area contributed by atoms with Gasteiger partial charge in [-0.15, -0.1) is 0 Å². The van der Waals surface area contributed by atoms with Crippen LogP contribution in [0.15, 0.2) is 28.8 Å². The highest BCUT2D eigenvalue weighted by molar-refractivity contribution is 5.80. The van der Waals surface area contributed by atoms with Crippen LogP contribution in [-0.4, -0.2) is 5.16 Å². The maximum Gasteiger partial charge on any atom is 0.144 e. The zero-order chi connectivity index (χ0) is 10.5. The van der Waals surface area contributed by atoms with Gasteiger partial charge in [0, 0.05) is 11.8 Å². The maximum absolute atomic E-state index is 5.35. The number of nitrogens with zero attached hydrogens (tertiary/aromatic N) is 1. The summed E-state index contributed by atoms with van der Waals surface area (Å²) in [6.45, 7) is 2.23. The van der Waals surface area contributed by atoms with Crippen molar-refractivity contribution < 1.29 is 4.52 Å². The Labute approximate surface area is 90.3 Å². The van der Waals surface area contributed by atoms with Gasteiger partial charge in [-0.2, -0.15) is 0 Å². The summed E-state index contributed by atoms with van der Waals surface area (Å²) in [6, 6.07) is 8.11. The monoisotopic (exact) mass is 203 g/mol. The lowest BCUT2D eigenvalue weighted by molar-refractivity contribution is 0.386. The fourth-order valence-corrected chi connectivity index (χ4v) is 1.84. The predicted octanol–water partition coefficient (Wildman–Crippen LogP) is 3.95. The van der Waals surface area contributed by atoms with Crippen LogP contribution >= 0.6 is 0 Å². The molecule has 0 radical (unpaired) electrons. The minimum absolute atomic E-state index is 0.975. The highest BCUT2D eigenvalue weighted by atomic mass is 16.5. The number of hydrogen-bond acceptors (Lipinski definition) is 2. The third-order valence-electron chi connectivity index (χ3n) is 2.72. The molecule has 2 nitrogen and oxygen atoms in total. The Balaban J connectivity index is 2.02. The lowest BCUT2D eigenvalue weighted by Crippen LogP contribution is -1.83. The van der Waals surface area contributed by atoms with Gasteiger partial charge < -0.3 is 4.52 Å². The zero-order valence-corrected chi connectivity index (χ0v) is 9.20. The van der Waals surface area contributed by atoms with E-state index in [1.54, 1.807) is 0 Å². The summed E-state index contributed by atoms with van der Waals surface area (Å²) in [6.07, 6.45) is 6.09. The van der Waals surface area contributed by atoms with Crippen molar-refractivity contribution in [1.29, 1.82) is 0 Å². The van der Waals surface area contributed by atoms with E-state index in [0.717, 1.165) is 17.7 Å². The van der Waals surface area contributed by atoms with E-state index in [0.29, 0.717) is 0 Å². The molecule has 15 heavy (non-hydrogen) atoms. The lowest BCUT2D eigenvalue weighted by atomic mass is 10.1. The number of benzene rings is 1. The largest absolute Gasteiger partial charge is 0.360 e. The van der Waals surface area contributed by atoms with E-state index in [4.69, 9.17) is 4.52 Å². The van der Waals surface area contributed by atoms with Gasteiger partial charge in [0.05, 0.1) is 0 Å². The van der Waals surface area contributed by atoms with Crippen LogP contribution in [0.5, 0.6) is 0 Å². The molecule has 2 aromatic rings. The minimum Gasteiger partial charge on any atom is -0.360 e. The molecule has 1 aromatic carbocycles. The second-order valence-corrected chi connectivity index (χ2v) is 3.93. The molecule has 0 unspecified atom stereocenters. The van der Waals surface area contributed by atoms with Crippen LogP contribution in [0, 0.1) is 0 Å². The second-order valence-electron chi connectivity index (χ2n) is 3.93. The van der Waals surface area contributed by atoms with Crippen LogP contribution < -0.4 is 0 Å². The van der Waals surface area contributed by atoms with Gasteiger partial charge in [-0.3, -0.25) is 0 Å². The van der Waals surface area contributed by atoms with Crippen LogP contribution in [-0.2, 0) is 6.42 Å². The van der Waals surface area contributed by atoms with Gasteiger partial charge in [-0.1, -0.05) is 43.5 Å². The molecule has 0 N–H and O–H groups in total. The first-order valence-electron chi connectivity index (χ1n) is 5.75. The molecular formula is C13H17NO. The molecule has 1 aromatic heterocycles. The van der Waals surface area contributed by atoms with Crippen LogP contribution in [0.4, 0.5) is 0 Å². The van der Waals surface area contributed by atoms with Crippen LogP contribution in [0.3, 0.4) is 0 Å². The molecule has 0 amide bonds. The fourth-order valence-electron chi connectivity index (χ4n) is 1.84. The van der Waals surface area contributed by atoms with Crippen molar-refractivity contribution in [1.82, 2.24) is 5.16 Å². The topological polar surface area (TPSA) is 26.0 Å². The van der Waals surface area contributed by atoms with Crippen LogP contribution in [0.25, 0.3) is 10.9 Å². The second kappa shape index (κ2) is 4.96. The molecule has 1 heterocycles. The summed E-state index contributed by atoms with van der Waals surface area (Å²) < 4.78 is 5.35. The van der Waals surface area contributed by atoms with Crippen LogP contribution in [0.1, 0.15) is 38.4 Å². The number of rotatable bonds is 5. The van der Waals surface area contributed by atoms with E-state index >= 15 is 0 Å². The van der Waals surface area contributed by atoms with Crippen molar-refractivity contribution in [2.45, 2.75) is 39.0 Å². The molecule has 0 bridgehead atoms. The number of hydrogen-bond donors (Lipinski definition) is 0. The summed E-state index contributed by atoms with van der Waals surface area (Å²) in [5.41, 5.74) is 0.975. The molecule has 2 rings (SSSR count). The molecule has 0 atom stereocenters.